The van der Waals surface area contributed by atoms with Crippen LogP contribution in [0.25, 0.3) is 11.0 Å². The molecule has 0 saturated heterocycles. The van der Waals surface area contributed by atoms with Gasteiger partial charge in [0.2, 0.25) is 5.91 Å². The van der Waals surface area contributed by atoms with E-state index in [-0.39, 0.29) is 22.1 Å². The molecular weight excluding hydrogens is 446 g/mol. The molecule has 2 aromatic carbocycles. The second-order valence-electron chi connectivity index (χ2n) is 10.1. The Morgan fingerprint density at radius 1 is 1.15 bits per heavy atom. The van der Waals surface area contributed by atoms with E-state index in [1.54, 1.807) is 12.1 Å². The van der Waals surface area contributed by atoms with Crippen LogP contribution in [0.3, 0.4) is 0 Å². The van der Waals surface area contributed by atoms with E-state index in [1.807, 2.05) is 19.1 Å². The predicted octanol–water partition coefficient (Wildman–Crippen LogP) is 5.39. The normalized spacial score (nSPS) is 12.6. The van der Waals surface area contributed by atoms with Crippen LogP contribution in [0.15, 0.2) is 36.4 Å². The van der Waals surface area contributed by atoms with Crippen molar-refractivity contribution in [2.24, 2.45) is 5.41 Å². The lowest BCUT2D eigenvalue weighted by Crippen LogP contribution is -2.33. The van der Waals surface area contributed by atoms with Gasteiger partial charge in [-0.15, -0.1) is 0 Å². The molecule has 0 radical (unpaired) electrons. The van der Waals surface area contributed by atoms with Gasteiger partial charge in [0.05, 0.1) is 21.8 Å². The van der Waals surface area contributed by atoms with Crippen molar-refractivity contribution >= 4 is 35.5 Å². The number of hydrogen-bond acceptors (Lipinski definition) is 4. The van der Waals surface area contributed by atoms with E-state index in [4.69, 9.17) is 4.98 Å². The van der Waals surface area contributed by atoms with Crippen molar-refractivity contribution in [3.05, 3.63) is 64.5 Å². The minimum atomic E-state index is -0.931. The summed E-state index contributed by atoms with van der Waals surface area (Å²) in [6, 6.07) is 11.1. The molecule has 0 unspecified atom stereocenters. The molecule has 0 aliphatic carbocycles. The molecule has 34 heavy (non-hydrogen) atoms. The Bertz CT molecular complexity index is 1180. The molecule has 0 saturated carbocycles. The maximum absolute atomic E-state index is 12.6. The number of nitrogens with one attached hydrogen (secondary N) is 1. The van der Waals surface area contributed by atoms with Gasteiger partial charge >= 0.3 is 5.97 Å². The molecule has 1 atom stereocenters. The van der Waals surface area contributed by atoms with Crippen LogP contribution in [0, 0.1) is 12.3 Å². The van der Waals surface area contributed by atoms with Gasteiger partial charge in [-0.05, 0) is 60.1 Å². The summed E-state index contributed by atoms with van der Waals surface area (Å²) in [7, 11) is 0. The highest BCUT2D eigenvalue weighted by atomic mass is 32.1. The topological polar surface area (TPSA) is 84.2 Å². The third-order valence-corrected chi connectivity index (χ3v) is 6.19. The first-order chi connectivity index (χ1) is 16.0. The predicted molar refractivity (Wildman–Crippen MR) is 140 cm³/mol. The molecule has 0 fully saturated rings. The zero-order valence-corrected chi connectivity index (χ0v) is 21.6. The van der Waals surface area contributed by atoms with Crippen LogP contribution in [-0.4, -0.2) is 31.8 Å². The maximum atomic E-state index is 12.6. The van der Waals surface area contributed by atoms with E-state index in [0.29, 0.717) is 19.5 Å². The highest BCUT2D eigenvalue weighted by molar-refractivity contribution is 7.81. The number of nitrogens with zero attached hydrogens (tertiary/aromatic N) is 2. The number of aromatic carboxylic acids is 1. The lowest BCUT2D eigenvalue weighted by Gasteiger charge is -2.22. The molecule has 0 spiro atoms. The number of carboxylic acids is 1. The summed E-state index contributed by atoms with van der Waals surface area (Å²) >= 11 is 4.50. The molecule has 1 aromatic heterocycles. The summed E-state index contributed by atoms with van der Waals surface area (Å²) in [5.74, 6) is 0.0129. The average Bonchev–Trinajstić information content (AvgIpc) is 3.09. The third kappa shape index (κ3) is 6.41. The van der Waals surface area contributed by atoms with E-state index in [2.05, 4.69) is 62.3 Å². The Morgan fingerprint density at radius 3 is 2.41 bits per heavy atom. The first kappa shape index (κ1) is 25.8. The number of imidazole rings is 1. The summed E-state index contributed by atoms with van der Waals surface area (Å²) in [6.07, 6.45) is 2.52. The zero-order valence-electron chi connectivity index (χ0n) is 20.7. The number of rotatable bonds is 9. The van der Waals surface area contributed by atoms with Crippen molar-refractivity contribution in [2.45, 2.75) is 72.2 Å². The summed E-state index contributed by atoms with van der Waals surface area (Å²) in [4.78, 5) is 28.7. The van der Waals surface area contributed by atoms with Gasteiger partial charge in [-0.1, -0.05) is 45.9 Å². The van der Waals surface area contributed by atoms with Crippen molar-refractivity contribution < 1.29 is 14.7 Å². The Labute approximate surface area is 207 Å². The monoisotopic (exact) mass is 481 g/mol. The van der Waals surface area contributed by atoms with E-state index in [0.717, 1.165) is 46.4 Å². The van der Waals surface area contributed by atoms with E-state index in [1.165, 1.54) is 0 Å². The molecule has 0 bridgehead atoms. The van der Waals surface area contributed by atoms with Crippen molar-refractivity contribution in [3.8, 4) is 0 Å². The number of fused-ring (bicyclic) bond motifs is 1. The first-order valence-electron chi connectivity index (χ1n) is 11.7. The lowest BCUT2D eigenvalue weighted by molar-refractivity contribution is -0.121. The second kappa shape index (κ2) is 10.6. The number of carboxylic acid groups (broad SMARTS) is 1. The van der Waals surface area contributed by atoms with Gasteiger partial charge in [0.25, 0.3) is 0 Å². The van der Waals surface area contributed by atoms with Gasteiger partial charge in [-0.2, -0.15) is 12.6 Å². The fraction of sp³-hybridized carbons (Fsp3) is 0.444. The van der Waals surface area contributed by atoms with Gasteiger partial charge in [-0.3, -0.25) is 4.79 Å². The van der Waals surface area contributed by atoms with E-state index < -0.39 is 5.97 Å². The van der Waals surface area contributed by atoms with E-state index in [9.17, 15) is 14.7 Å². The number of benzene rings is 2. The van der Waals surface area contributed by atoms with Crippen LogP contribution in [0.2, 0.25) is 0 Å². The minimum absolute atomic E-state index is 0.0318. The highest BCUT2D eigenvalue weighted by Crippen LogP contribution is 2.26. The van der Waals surface area contributed by atoms with Crippen molar-refractivity contribution in [1.29, 1.82) is 0 Å². The van der Waals surface area contributed by atoms with Crippen LogP contribution >= 0.6 is 12.6 Å². The molecule has 0 aliphatic rings. The van der Waals surface area contributed by atoms with Gasteiger partial charge < -0.3 is 15.0 Å². The number of thiol groups is 1. The number of amides is 1. The zero-order chi connectivity index (χ0) is 25.0. The molecule has 6 nitrogen and oxygen atoms in total. The van der Waals surface area contributed by atoms with Crippen LogP contribution in [0.5, 0.6) is 0 Å². The standard InChI is InChI=1S/C27H35N3O3S/c1-6-7-23-29-24-17(2)12-19(15-28-25(31)22(34)14-27(3,4)5)13-21(24)30(23)16-18-8-10-20(11-9-18)26(32)33/h8-13,22,34H,6-7,14-16H2,1-5H3,(H,28,31)(H,32,33)/t22-/m1/s1. The van der Waals surface area contributed by atoms with Crippen LogP contribution in [-0.2, 0) is 24.3 Å². The fourth-order valence-electron chi connectivity index (χ4n) is 4.12. The molecular formula is C27H35N3O3S. The highest BCUT2D eigenvalue weighted by Gasteiger charge is 2.22. The summed E-state index contributed by atoms with van der Waals surface area (Å²) < 4.78 is 2.20. The van der Waals surface area contributed by atoms with Crippen LogP contribution in [0.1, 0.15) is 73.4 Å². The first-order valence-corrected chi connectivity index (χ1v) is 12.3. The maximum Gasteiger partial charge on any atom is 0.335 e. The smallest absolute Gasteiger partial charge is 0.335 e. The summed E-state index contributed by atoms with van der Waals surface area (Å²) in [5, 5.41) is 11.9. The lowest BCUT2D eigenvalue weighted by atomic mass is 9.90. The molecule has 182 valence electrons. The number of carbonyl (C=O) groups is 2. The Balaban J connectivity index is 1.88. The second-order valence-corrected chi connectivity index (χ2v) is 10.8. The van der Waals surface area contributed by atoms with Crippen LogP contribution in [0.4, 0.5) is 0 Å². The third-order valence-electron chi connectivity index (χ3n) is 5.77. The van der Waals surface area contributed by atoms with Gasteiger partial charge in [0.1, 0.15) is 5.82 Å². The van der Waals surface area contributed by atoms with Gasteiger partial charge in [0.15, 0.2) is 0 Å². The number of carbonyl (C=O) groups excluding carboxylic acids is 1. The number of aryl methyl sites for hydroxylation is 2. The number of aromatic nitrogens is 2. The fourth-order valence-corrected chi connectivity index (χ4v) is 4.76. The van der Waals surface area contributed by atoms with Gasteiger partial charge in [-0.25, -0.2) is 9.78 Å². The summed E-state index contributed by atoms with van der Waals surface area (Å²) in [5.41, 5.74) is 5.38. The SMILES string of the molecule is CCCc1nc2c(C)cc(CNC(=O)[C@H](S)CC(C)(C)C)cc2n1Cc1ccc(C(=O)O)cc1. The van der Waals surface area contributed by atoms with Crippen LogP contribution < -0.4 is 5.32 Å². The van der Waals surface area contributed by atoms with Crippen molar-refractivity contribution in [2.75, 3.05) is 0 Å². The molecule has 1 heterocycles. The quantitative estimate of drug-likeness (QED) is 0.358. The molecule has 3 aromatic rings. The molecule has 1 amide bonds. The number of hydrogen-bond donors (Lipinski definition) is 3. The largest absolute Gasteiger partial charge is 0.478 e. The minimum Gasteiger partial charge on any atom is -0.478 e. The van der Waals surface area contributed by atoms with Gasteiger partial charge in [0, 0.05) is 19.5 Å². The van der Waals surface area contributed by atoms with E-state index >= 15 is 0 Å². The molecule has 0 aliphatic heterocycles. The Hall–Kier alpha value is -2.80. The average molecular weight is 482 g/mol. The molecule has 7 heteroatoms. The van der Waals surface area contributed by atoms with Crippen molar-refractivity contribution in [1.82, 2.24) is 14.9 Å². The van der Waals surface area contributed by atoms with Crippen molar-refractivity contribution in [3.63, 3.8) is 0 Å². The molecule has 2 N–H and O–H groups in total. The molecule has 3 rings (SSSR count). The Morgan fingerprint density at radius 2 is 1.82 bits per heavy atom. The Kier molecular flexibility index (Phi) is 8.08. The summed E-state index contributed by atoms with van der Waals surface area (Å²) in [6.45, 7) is 11.5.